The standard InChI is InChI=1S/C15H19IO3/c1-15(2,3)19-14(17)12-8-11(16)6-7-13(12)18-9-10-4-5-10/h6-8,10H,4-5,9H2,1-3H3. The molecule has 0 radical (unpaired) electrons. The van der Waals surface area contributed by atoms with Gasteiger partial charge in [-0.1, -0.05) is 0 Å². The lowest BCUT2D eigenvalue weighted by molar-refractivity contribution is 0.00655. The molecule has 0 spiro atoms. The van der Waals surface area contributed by atoms with Crippen molar-refractivity contribution in [2.45, 2.75) is 39.2 Å². The van der Waals surface area contributed by atoms with Gasteiger partial charge in [-0.3, -0.25) is 0 Å². The first-order valence-corrected chi connectivity index (χ1v) is 7.59. The maximum Gasteiger partial charge on any atom is 0.342 e. The molecule has 1 aromatic rings. The van der Waals surface area contributed by atoms with E-state index in [9.17, 15) is 4.79 Å². The first kappa shape index (κ1) is 14.6. The molecule has 104 valence electrons. The summed E-state index contributed by atoms with van der Waals surface area (Å²) in [6.45, 7) is 6.28. The van der Waals surface area contributed by atoms with Crippen LogP contribution in [0.25, 0.3) is 0 Å². The number of esters is 1. The average molecular weight is 374 g/mol. The summed E-state index contributed by atoms with van der Waals surface area (Å²) in [4.78, 5) is 12.2. The Morgan fingerprint density at radius 2 is 2.05 bits per heavy atom. The Balaban J connectivity index is 2.15. The van der Waals surface area contributed by atoms with Crippen molar-refractivity contribution in [2.24, 2.45) is 5.92 Å². The quantitative estimate of drug-likeness (QED) is 0.590. The smallest absolute Gasteiger partial charge is 0.342 e. The van der Waals surface area contributed by atoms with Gasteiger partial charge >= 0.3 is 5.97 Å². The third kappa shape index (κ3) is 4.67. The number of ether oxygens (including phenoxy) is 2. The average Bonchev–Trinajstić information content (AvgIpc) is 3.09. The third-order valence-electron chi connectivity index (χ3n) is 2.73. The topological polar surface area (TPSA) is 35.5 Å². The molecule has 1 aromatic carbocycles. The molecule has 0 bridgehead atoms. The van der Waals surface area contributed by atoms with Crippen LogP contribution in [0, 0.1) is 9.49 Å². The number of halogens is 1. The Labute approximate surface area is 127 Å². The predicted octanol–water partition coefficient (Wildman–Crippen LogP) is 4.04. The SMILES string of the molecule is CC(C)(C)OC(=O)c1cc(I)ccc1OCC1CC1. The van der Waals surface area contributed by atoms with Gasteiger partial charge in [0.2, 0.25) is 0 Å². The van der Waals surface area contributed by atoms with Gasteiger partial charge in [-0.25, -0.2) is 4.79 Å². The van der Waals surface area contributed by atoms with Gasteiger partial charge in [0.25, 0.3) is 0 Å². The van der Waals surface area contributed by atoms with Crippen molar-refractivity contribution in [3.63, 3.8) is 0 Å². The van der Waals surface area contributed by atoms with Crippen LogP contribution in [-0.4, -0.2) is 18.2 Å². The van der Waals surface area contributed by atoms with E-state index in [1.54, 1.807) is 0 Å². The zero-order valence-electron chi connectivity index (χ0n) is 11.5. The Morgan fingerprint density at radius 1 is 1.37 bits per heavy atom. The molecule has 1 aliphatic carbocycles. The van der Waals surface area contributed by atoms with Crippen molar-refractivity contribution in [2.75, 3.05) is 6.61 Å². The van der Waals surface area contributed by atoms with Gasteiger partial charge in [-0.2, -0.15) is 0 Å². The highest BCUT2D eigenvalue weighted by Gasteiger charge is 2.25. The molecule has 0 heterocycles. The van der Waals surface area contributed by atoms with E-state index in [4.69, 9.17) is 9.47 Å². The molecule has 2 rings (SSSR count). The summed E-state index contributed by atoms with van der Waals surface area (Å²) in [5.41, 5.74) is 0.0223. The molecular formula is C15H19IO3. The Hall–Kier alpha value is -0.780. The highest BCUT2D eigenvalue weighted by molar-refractivity contribution is 14.1. The third-order valence-corrected chi connectivity index (χ3v) is 3.40. The minimum absolute atomic E-state index is 0.322. The summed E-state index contributed by atoms with van der Waals surface area (Å²) in [7, 11) is 0. The van der Waals surface area contributed by atoms with Crippen LogP contribution in [0.1, 0.15) is 44.0 Å². The van der Waals surface area contributed by atoms with Crippen molar-refractivity contribution < 1.29 is 14.3 Å². The lowest BCUT2D eigenvalue weighted by Gasteiger charge is -2.20. The molecule has 19 heavy (non-hydrogen) atoms. The number of carbonyl (C=O) groups excluding carboxylic acids is 1. The Kier molecular flexibility index (Phi) is 4.38. The minimum atomic E-state index is -0.494. The highest BCUT2D eigenvalue weighted by atomic mass is 127. The van der Waals surface area contributed by atoms with Crippen molar-refractivity contribution in [3.05, 3.63) is 27.3 Å². The molecule has 1 saturated carbocycles. The maximum absolute atomic E-state index is 12.2. The zero-order valence-corrected chi connectivity index (χ0v) is 13.7. The van der Waals surface area contributed by atoms with E-state index in [0.717, 1.165) is 3.57 Å². The summed E-state index contributed by atoms with van der Waals surface area (Å²) >= 11 is 2.18. The fraction of sp³-hybridized carbons (Fsp3) is 0.533. The van der Waals surface area contributed by atoms with E-state index in [-0.39, 0.29) is 5.97 Å². The van der Waals surface area contributed by atoms with Crippen molar-refractivity contribution >= 4 is 28.6 Å². The maximum atomic E-state index is 12.2. The van der Waals surface area contributed by atoms with Gasteiger partial charge in [-0.15, -0.1) is 0 Å². The number of benzene rings is 1. The van der Waals surface area contributed by atoms with Gasteiger partial charge < -0.3 is 9.47 Å². The lowest BCUT2D eigenvalue weighted by atomic mass is 10.1. The summed E-state index contributed by atoms with van der Waals surface area (Å²) in [5, 5.41) is 0. The molecular weight excluding hydrogens is 355 g/mol. The minimum Gasteiger partial charge on any atom is -0.492 e. The number of rotatable bonds is 4. The zero-order chi connectivity index (χ0) is 14.0. The first-order valence-electron chi connectivity index (χ1n) is 6.51. The van der Waals surface area contributed by atoms with Crippen LogP contribution in [-0.2, 0) is 4.74 Å². The molecule has 0 unspecified atom stereocenters. The van der Waals surface area contributed by atoms with Gasteiger partial charge in [0.15, 0.2) is 0 Å². The van der Waals surface area contributed by atoms with E-state index in [0.29, 0.717) is 23.8 Å². The van der Waals surface area contributed by atoms with Gasteiger partial charge in [0.05, 0.1) is 6.61 Å². The van der Waals surface area contributed by atoms with Gasteiger partial charge in [0.1, 0.15) is 16.9 Å². The van der Waals surface area contributed by atoms with Crippen molar-refractivity contribution in [1.29, 1.82) is 0 Å². The van der Waals surface area contributed by atoms with Crippen LogP contribution >= 0.6 is 22.6 Å². The van der Waals surface area contributed by atoms with E-state index in [1.165, 1.54) is 12.8 Å². The fourth-order valence-electron chi connectivity index (χ4n) is 1.61. The number of hydrogen-bond donors (Lipinski definition) is 0. The molecule has 0 amide bonds. The first-order chi connectivity index (χ1) is 8.85. The number of hydrogen-bond acceptors (Lipinski definition) is 3. The molecule has 0 atom stereocenters. The molecule has 0 aromatic heterocycles. The second kappa shape index (κ2) is 5.69. The molecule has 0 N–H and O–H groups in total. The van der Waals surface area contributed by atoms with Gasteiger partial charge in [-0.05, 0) is 80.3 Å². The van der Waals surface area contributed by atoms with Crippen molar-refractivity contribution in [1.82, 2.24) is 0 Å². The van der Waals surface area contributed by atoms with Crippen LogP contribution in [0.4, 0.5) is 0 Å². The monoisotopic (exact) mass is 374 g/mol. The Bertz CT molecular complexity index is 473. The second-order valence-corrected chi connectivity index (χ2v) is 7.14. The predicted molar refractivity (Wildman–Crippen MR) is 82.5 cm³/mol. The number of carbonyl (C=O) groups is 1. The van der Waals surface area contributed by atoms with E-state index < -0.39 is 5.60 Å². The normalized spacial score (nSPS) is 15.2. The van der Waals surface area contributed by atoms with Crippen LogP contribution in [0.2, 0.25) is 0 Å². The molecule has 4 heteroatoms. The summed E-state index contributed by atoms with van der Waals surface area (Å²) in [5.74, 6) is 0.962. The highest BCUT2D eigenvalue weighted by Crippen LogP contribution is 2.31. The van der Waals surface area contributed by atoms with Crippen LogP contribution in [0.3, 0.4) is 0 Å². The molecule has 0 saturated heterocycles. The summed E-state index contributed by atoms with van der Waals surface area (Å²) in [6, 6.07) is 5.61. The van der Waals surface area contributed by atoms with Crippen LogP contribution in [0.15, 0.2) is 18.2 Å². The largest absolute Gasteiger partial charge is 0.492 e. The summed E-state index contributed by atoms with van der Waals surface area (Å²) < 4.78 is 12.2. The Morgan fingerprint density at radius 3 is 2.63 bits per heavy atom. The lowest BCUT2D eigenvalue weighted by Crippen LogP contribution is -2.24. The fourth-order valence-corrected chi connectivity index (χ4v) is 2.10. The molecule has 1 fully saturated rings. The van der Waals surface area contributed by atoms with E-state index in [1.807, 2.05) is 39.0 Å². The van der Waals surface area contributed by atoms with Gasteiger partial charge in [0, 0.05) is 3.57 Å². The molecule has 0 aliphatic heterocycles. The van der Waals surface area contributed by atoms with Crippen LogP contribution < -0.4 is 4.74 Å². The van der Waals surface area contributed by atoms with E-state index in [2.05, 4.69) is 22.6 Å². The summed E-state index contributed by atoms with van der Waals surface area (Å²) in [6.07, 6.45) is 2.46. The van der Waals surface area contributed by atoms with Crippen molar-refractivity contribution in [3.8, 4) is 5.75 Å². The van der Waals surface area contributed by atoms with E-state index >= 15 is 0 Å². The molecule has 3 nitrogen and oxygen atoms in total. The molecule has 1 aliphatic rings. The second-order valence-electron chi connectivity index (χ2n) is 5.90. The van der Waals surface area contributed by atoms with Crippen LogP contribution in [0.5, 0.6) is 5.75 Å².